The first-order valence-electron chi connectivity index (χ1n) is 6.89. The minimum Gasteiger partial charge on any atom is -0.299 e. The van der Waals surface area contributed by atoms with E-state index in [-0.39, 0.29) is 17.6 Å². The van der Waals surface area contributed by atoms with Gasteiger partial charge in [0.2, 0.25) is 0 Å². The molecule has 98 valence electrons. The average molecular weight is 246 g/mol. The van der Waals surface area contributed by atoms with Crippen molar-refractivity contribution in [3.8, 4) is 0 Å². The van der Waals surface area contributed by atoms with E-state index in [0.29, 0.717) is 18.6 Å². The molecule has 3 atom stereocenters. The lowest BCUT2D eigenvalue weighted by Gasteiger charge is -2.41. The Morgan fingerprint density at radius 1 is 1.44 bits per heavy atom. The van der Waals surface area contributed by atoms with Crippen molar-refractivity contribution in [3.05, 3.63) is 23.8 Å². The SMILES string of the molecule is C=C[C@@H]1CCC(=O)[C@]12C[C@H](C)C(=O)C(C)=C2CC. The van der Waals surface area contributed by atoms with E-state index in [1.807, 2.05) is 19.9 Å². The highest BCUT2D eigenvalue weighted by atomic mass is 16.1. The lowest BCUT2D eigenvalue weighted by atomic mass is 9.60. The van der Waals surface area contributed by atoms with E-state index in [2.05, 4.69) is 13.5 Å². The molecule has 0 N–H and O–H groups in total. The van der Waals surface area contributed by atoms with Gasteiger partial charge in [0.15, 0.2) is 5.78 Å². The van der Waals surface area contributed by atoms with Gasteiger partial charge in [-0.1, -0.05) is 19.9 Å². The zero-order chi connectivity index (χ0) is 13.5. The van der Waals surface area contributed by atoms with E-state index in [0.717, 1.165) is 24.0 Å². The van der Waals surface area contributed by atoms with Crippen LogP contribution in [0.3, 0.4) is 0 Å². The number of carbonyl (C=O) groups is 2. The summed E-state index contributed by atoms with van der Waals surface area (Å²) >= 11 is 0. The number of ketones is 2. The van der Waals surface area contributed by atoms with Crippen molar-refractivity contribution in [2.45, 2.75) is 46.5 Å². The molecule has 2 heteroatoms. The molecule has 18 heavy (non-hydrogen) atoms. The highest BCUT2D eigenvalue weighted by Crippen LogP contribution is 2.55. The molecule has 2 aliphatic carbocycles. The van der Waals surface area contributed by atoms with Crippen LogP contribution in [0.25, 0.3) is 0 Å². The molecule has 0 radical (unpaired) electrons. The van der Waals surface area contributed by atoms with Gasteiger partial charge in [0, 0.05) is 12.3 Å². The topological polar surface area (TPSA) is 34.1 Å². The van der Waals surface area contributed by atoms with Crippen molar-refractivity contribution >= 4 is 11.6 Å². The lowest BCUT2D eigenvalue weighted by molar-refractivity contribution is -0.128. The maximum atomic E-state index is 12.5. The fourth-order valence-corrected chi connectivity index (χ4v) is 4.07. The van der Waals surface area contributed by atoms with Gasteiger partial charge in [-0.05, 0) is 43.3 Å². The molecular weight excluding hydrogens is 224 g/mol. The number of allylic oxidation sites excluding steroid dienone is 3. The minimum absolute atomic E-state index is 0.0372. The van der Waals surface area contributed by atoms with Crippen LogP contribution < -0.4 is 0 Å². The van der Waals surface area contributed by atoms with Gasteiger partial charge in [-0.15, -0.1) is 6.58 Å². The molecule has 1 fully saturated rings. The molecular formula is C16H22O2. The first-order chi connectivity index (χ1) is 8.48. The fraction of sp³-hybridized carbons (Fsp3) is 0.625. The van der Waals surface area contributed by atoms with Crippen molar-refractivity contribution in [1.82, 2.24) is 0 Å². The van der Waals surface area contributed by atoms with Gasteiger partial charge in [0.25, 0.3) is 0 Å². The minimum atomic E-state index is -0.409. The van der Waals surface area contributed by atoms with Gasteiger partial charge in [0.05, 0.1) is 5.41 Å². The van der Waals surface area contributed by atoms with E-state index in [1.54, 1.807) is 0 Å². The summed E-state index contributed by atoms with van der Waals surface area (Å²) in [5.41, 5.74) is 1.50. The van der Waals surface area contributed by atoms with Crippen molar-refractivity contribution in [1.29, 1.82) is 0 Å². The highest BCUT2D eigenvalue weighted by molar-refractivity contribution is 6.02. The quantitative estimate of drug-likeness (QED) is 0.699. The number of rotatable bonds is 2. The first-order valence-corrected chi connectivity index (χ1v) is 6.89. The van der Waals surface area contributed by atoms with Crippen LogP contribution in [0.2, 0.25) is 0 Å². The zero-order valence-corrected chi connectivity index (χ0v) is 11.6. The van der Waals surface area contributed by atoms with Crippen molar-refractivity contribution in [3.63, 3.8) is 0 Å². The second kappa shape index (κ2) is 4.49. The third-order valence-corrected chi connectivity index (χ3v) is 4.89. The zero-order valence-electron chi connectivity index (χ0n) is 11.6. The van der Waals surface area contributed by atoms with Gasteiger partial charge < -0.3 is 0 Å². The van der Waals surface area contributed by atoms with Gasteiger partial charge in [0.1, 0.15) is 5.78 Å². The average Bonchev–Trinajstić information content (AvgIpc) is 2.65. The molecule has 0 aromatic heterocycles. The molecule has 0 saturated heterocycles. The summed E-state index contributed by atoms with van der Waals surface area (Å²) < 4.78 is 0. The number of Topliss-reactive ketones (excluding diaryl/α,β-unsaturated/α-hetero) is 2. The molecule has 0 amide bonds. The predicted molar refractivity (Wildman–Crippen MR) is 72.1 cm³/mol. The van der Waals surface area contributed by atoms with Crippen LogP contribution >= 0.6 is 0 Å². The second-order valence-electron chi connectivity index (χ2n) is 5.70. The Balaban J connectivity index is 2.63. The van der Waals surface area contributed by atoms with E-state index < -0.39 is 5.41 Å². The summed E-state index contributed by atoms with van der Waals surface area (Å²) in [5.74, 6) is 0.721. The van der Waals surface area contributed by atoms with Crippen LogP contribution in [0.5, 0.6) is 0 Å². The molecule has 2 rings (SSSR count). The van der Waals surface area contributed by atoms with Crippen molar-refractivity contribution in [2.75, 3.05) is 0 Å². The Labute approximate surface area is 109 Å². The number of carbonyl (C=O) groups excluding carboxylic acids is 2. The monoisotopic (exact) mass is 246 g/mol. The molecule has 0 aromatic carbocycles. The molecule has 0 aliphatic heterocycles. The first kappa shape index (κ1) is 13.3. The summed E-state index contributed by atoms with van der Waals surface area (Å²) in [5, 5.41) is 0. The van der Waals surface area contributed by atoms with Crippen LogP contribution in [0.1, 0.15) is 46.5 Å². The maximum absolute atomic E-state index is 12.5. The summed E-state index contributed by atoms with van der Waals surface area (Å²) in [6.45, 7) is 9.80. The lowest BCUT2D eigenvalue weighted by Crippen LogP contribution is -2.42. The van der Waals surface area contributed by atoms with Crippen LogP contribution in [-0.4, -0.2) is 11.6 Å². The Hall–Kier alpha value is -1.18. The summed E-state index contributed by atoms with van der Waals surface area (Å²) in [7, 11) is 0. The molecule has 2 nitrogen and oxygen atoms in total. The number of hydrogen-bond donors (Lipinski definition) is 0. The summed E-state index contributed by atoms with van der Waals surface area (Å²) in [6, 6.07) is 0. The van der Waals surface area contributed by atoms with Crippen LogP contribution in [-0.2, 0) is 9.59 Å². The molecule has 0 aromatic rings. The Morgan fingerprint density at radius 2 is 2.11 bits per heavy atom. The molecule has 1 spiro atoms. The molecule has 1 saturated carbocycles. The molecule has 0 bridgehead atoms. The van der Waals surface area contributed by atoms with Crippen LogP contribution in [0.15, 0.2) is 23.8 Å². The van der Waals surface area contributed by atoms with Crippen molar-refractivity contribution < 1.29 is 9.59 Å². The molecule has 0 heterocycles. The van der Waals surface area contributed by atoms with E-state index in [9.17, 15) is 9.59 Å². The smallest absolute Gasteiger partial charge is 0.161 e. The van der Waals surface area contributed by atoms with Gasteiger partial charge in [-0.2, -0.15) is 0 Å². The third-order valence-electron chi connectivity index (χ3n) is 4.89. The Morgan fingerprint density at radius 3 is 2.67 bits per heavy atom. The van der Waals surface area contributed by atoms with E-state index >= 15 is 0 Å². The summed E-state index contributed by atoms with van der Waals surface area (Å²) in [6.07, 6.45) is 4.92. The predicted octanol–water partition coefficient (Wildman–Crippen LogP) is 3.47. The van der Waals surface area contributed by atoms with Gasteiger partial charge >= 0.3 is 0 Å². The largest absolute Gasteiger partial charge is 0.299 e. The van der Waals surface area contributed by atoms with Crippen molar-refractivity contribution in [2.24, 2.45) is 17.3 Å². The van der Waals surface area contributed by atoms with Gasteiger partial charge in [-0.3, -0.25) is 9.59 Å². The highest BCUT2D eigenvalue weighted by Gasteiger charge is 2.54. The maximum Gasteiger partial charge on any atom is 0.161 e. The Kier molecular flexibility index (Phi) is 3.31. The van der Waals surface area contributed by atoms with Crippen LogP contribution in [0.4, 0.5) is 0 Å². The normalized spacial score (nSPS) is 36.6. The van der Waals surface area contributed by atoms with E-state index in [1.165, 1.54) is 0 Å². The fourth-order valence-electron chi connectivity index (χ4n) is 4.07. The summed E-state index contributed by atoms with van der Waals surface area (Å²) in [4.78, 5) is 24.6. The number of hydrogen-bond acceptors (Lipinski definition) is 2. The Bertz CT molecular complexity index is 444. The van der Waals surface area contributed by atoms with E-state index in [4.69, 9.17) is 0 Å². The van der Waals surface area contributed by atoms with Gasteiger partial charge in [-0.25, -0.2) is 0 Å². The second-order valence-corrected chi connectivity index (χ2v) is 5.70. The van der Waals surface area contributed by atoms with Crippen LogP contribution in [0, 0.1) is 17.3 Å². The molecule has 0 unspecified atom stereocenters. The third kappa shape index (κ3) is 1.54. The standard InChI is InChI=1S/C16H22O2/c1-5-12-7-8-14(17)16(12)9-10(3)15(18)11(4)13(16)6-2/h5,10,12H,1,6-9H2,2-4H3/t10-,12+,16+/m0/s1. The molecule has 2 aliphatic rings.